The van der Waals surface area contributed by atoms with Crippen LogP contribution in [0.1, 0.15) is 45.7 Å². The standard InChI is InChI=1S/C9H12N4S.C3H8/c1-6(2)8-7(4-14-12-8)9-11-10-5-13(9)3;1-3-2/h4-6H,1-3H3;3H2,1-2H3. The van der Waals surface area contributed by atoms with Gasteiger partial charge in [0.25, 0.3) is 0 Å². The molecule has 0 spiro atoms. The van der Waals surface area contributed by atoms with E-state index in [4.69, 9.17) is 0 Å². The topological polar surface area (TPSA) is 43.6 Å². The van der Waals surface area contributed by atoms with Crippen LogP contribution in [0.3, 0.4) is 0 Å². The summed E-state index contributed by atoms with van der Waals surface area (Å²) in [6.07, 6.45) is 2.96. The number of rotatable bonds is 2. The van der Waals surface area contributed by atoms with Gasteiger partial charge in [0.05, 0.1) is 11.3 Å². The normalized spacial score (nSPS) is 10.2. The molecule has 0 radical (unpaired) electrons. The number of hydrogen-bond acceptors (Lipinski definition) is 4. The van der Waals surface area contributed by atoms with Gasteiger partial charge in [0.1, 0.15) is 6.33 Å². The fourth-order valence-corrected chi connectivity index (χ4v) is 2.16. The SMILES string of the molecule is CC(C)c1nscc1-c1nncn1C.CCC. The molecule has 2 aromatic rings. The zero-order valence-electron chi connectivity index (χ0n) is 11.1. The average Bonchev–Trinajstić information content (AvgIpc) is 2.86. The molecule has 94 valence electrons. The van der Waals surface area contributed by atoms with Crippen molar-refractivity contribution in [1.82, 2.24) is 19.1 Å². The molecule has 0 fully saturated rings. The third-order valence-corrected chi connectivity index (χ3v) is 2.74. The van der Waals surface area contributed by atoms with E-state index in [9.17, 15) is 0 Å². The Bertz CT molecular complexity index is 445. The van der Waals surface area contributed by atoms with Gasteiger partial charge in [-0.1, -0.05) is 34.1 Å². The largest absolute Gasteiger partial charge is 0.317 e. The lowest BCUT2D eigenvalue weighted by molar-refractivity contribution is 0.835. The molecule has 2 aromatic heterocycles. The summed E-state index contributed by atoms with van der Waals surface area (Å²) in [5, 5.41) is 9.98. The Kier molecular flexibility index (Phi) is 5.28. The van der Waals surface area contributed by atoms with Crippen molar-refractivity contribution in [3.8, 4) is 11.4 Å². The molecule has 0 unspecified atom stereocenters. The van der Waals surface area contributed by atoms with Crippen LogP contribution >= 0.6 is 11.5 Å². The van der Waals surface area contributed by atoms with Gasteiger partial charge in [-0.2, -0.15) is 4.37 Å². The summed E-state index contributed by atoms with van der Waals surface area (Å²) in [5.41, 5.74) is 2.20. The zero-order valence-corrected chi connectivity index (χ0v) is 12.0. The van der Waals surface area contributed by atoms with Crippen LogP contribution in [0.5, 0.6) is 0 Å². The van der Waals surface area contributed by atoms with Crippen LogP contribution < -0.4 is 0 Å². The summed E-state index contributed by atoms with van der Waals surface area (Å²) in [4.78, 5) is 0. The maximum Gasteiger partial charge on any atom is 0.166 e. The first-order valence-corrected chi connectivity index (χ1v) is 6.74. The van der Waals surface area contributed by atoms with E-state index in [1.807, 2.05) is 17.0 Å². The molecule has 0 aromatic carbocycles. The van der Waals surface area contributed by atoms with Crippen molar-refractivity contribution >= 4 is 11.5 Å². The monoisotopic (exact) mass is 252 g/mol. The molecular formula is C12H20N4S. The molecule has 2 heterocycles. The van der Waals surface area contributed by atoms with Gasteiger partial charge in [-0.25, -0.2) is 0 Å². The molecule has 5 heteroatoms. The van der Waals surface area contributed by atoms with Crippen LogP contribution in [0.25, 0.3) is 11.4 Å². The first kappa shape index (κ1) is 13.8. The number of nitrogens with zero attached hydrogens (tertiary/aromatic N) is 4. The second-order valence-corrected chi connectivity index (χ2v) is 4.87. The summed E-state index contributed by atoms with van der Waals surface area (Å²) >= 11 is 1.47. The fourth-order valence-electron chi connectivity index (χ4n) is 1.36. The minimum absolute atomic E-state index is 0.424. The molecule has 0 aliphatic carbocycles. The summed E-state index contributed by atoms with van der Waals surface area (Å²) in [6, 6.07) is 0. The van der Waals surface area contributed by atoms with Gasteiger partial charge in [0.15, 0.2) is 5.82 Å². The molecule has 0 N–H and O–H groups in total. The van der Waals surface area contributed by atoms with Crippen molar-refractivity contribution in [3.05, 3.63) is 17.4 Å². The van der Waals surface area contributed by atoms with E-state index in [0.29, 0.717) is 5.92 Å². The lowest BCUT2D eigenvalue weighted by Gasteiger charge is -2.03. The Morgan fingerprint density at radius 2 is 2.00 bits per heavy atom. The highest BCUT2D eigenvalue weighted by atomic mass is 32.1. The third kappa shape index (κ3) is 3.36. The quantitative estimate of drug-likeness (QED) is 0.822. The maximum atomic E-state index is 4.37. The van der Waals surface area contributed by atoms with Crippen molar-refractivity contribution in [2.45, 2.75) is 40.0 Å². The van der Waals surface area contributed by atoms with E-state index in [-0.39, 0.29) is 0 Å². The molecule has 0 aliphatic rings. The fraction of sp³-hybridized carbons (Fsp3) is 0.583. The van der Waals surface area contributed by atoms with Crippen molar-refractivity contribution in [3.63, 3.8) is 0 Å². The van der Waals surface area contributed by atoms with Crippen LogP contribution in [-0.4, -0.2) is 19.1 Å². The molecular weight excluding hydrogens is 232 g/mol. The number of hydrogen-bond donors (Lipinski definition) is 0. The number of aromatic nitrogens is 4. The Hall–Kier alpha value is -1.23. The van der Waals surface area contributed by atoms with Crippen molar-refractivity contribution < 1.29 is 0 Å². The highest BCUT2D eigenvalue weighted by Crippen LogP contribution is 2.27. The molecule has 0 saturated carbocycles. The second-order valence-electron chi connectivity index (χ2n) is 4.24. The van der Waals surface area contributed by atoms with Gasteiger partial charge in [0, 0.05) is 12.4 Å². The molecule has 17 heavy (non-hydrogen) atoms. The zero-order chi connectivity index (χ0) is 12.8. The first-order valence-electron chi connectivity index (χ1n) is 5.90. The highest BCUT2D eigenvalue weighted by molar-refractivity contribution is 7.04. The number of aryl methyl sites for hydroxylation is 1. The van der Waals surface area contributed by atoms with E-state index in [1.165, 1.54) is 18.0 Å². The van der Waals surface area contributed by atoms with E-state index in [1.54, 1.807) is 6.33 Å². The van der Waals surface area contributed by atoms with Crippen molar-refractivity contribution in [2.24, 2.45) is 7.05 Å². The van der Waals surface area contributed by atoms with Crippen LogP contribution in [0.4, 0.5) is 0 Å². The van der Waals surface area contributed by atoms with Crippen LogP contribution in [0.2, 0.25) is 0 Å². The van der Waals surface area contributed by atoms with E-state index in [2.05, 4.69) is 42.3 Å². The molecule has 0 bridgehead atoms. The first-order chi connectivity index (χ1) is 8.11. The Labute approximate surface area is 107 Å². The predicted molar refractivity (Wildman–Crippen MR) is 72.2 cm³/mol. The Morgan fingerprint density at radius 3 is 2.47 bits per heavy atom. The minimum Gasteiger partial charge on any atom is -0.317 e. The third-order valence-electron chi connectivity index (χ3n) is 2.10. The van der Waals surface area contributed by atoms with Gasteiger partial charge < -0.3 is 4.57 Å². The lowest BCUT2D eigenvalue weighted by Crippen LogP contribution is -1.95. The van der Waals surface area contributed by atoms with E-state index < -0.39 is 0 Å². The second kappa shape index (κ2) is 6.49. The van der Waals surface area contributed by atoms with Crippen molar-refractivity contribution in [2.75, 3.05) is 0 Å². The molecule has 0 saturated heterocycles. The van der Waals surface area contributed by atoms with Crippen LogP contribution in [0, 0.1) is 0 Å². The van der Waals surface area contributed by atoms with Gasteiger partial charge >= 0.3 is 0 Å². The molecule has 0 amide bonds. The van der Waals surface area contributed by atoms with Gasteiger partial charge in [-0.05, 0) is 17.5 Å². The molecule has 4 nitrogen and oxygen atoms in total. The van der Waals surface area contributed by atoms with Crippen molar-refractivity contribution in [1.29, 1.82) is 0 Å². The lowest BCUT2D eigenvalue weighted by atomic mass is 10.1. The van der Waals surface area contributed by atoms with Crippen LogP contribution in [0.15, 0.2) is 11.7 Å². The van der Waals surface area contributed by atoms with Gasteiger partial charge in [-0.3, -0.25) is 0 Å². The van der Waals surface area contributed by atoms with E-state index >= 15 is 0 Å². The minimum atomic E-state index is 0.424. The maximum absolute atomic E-state index is 4.37. The van der Waals surface area contributed by atoms with Crippen LogP contribution in [-0.2, 0) is 7.05 Å². The molecule has 2 rings (SSSR count). The summed E-state index contributed by atoms with van der Waals surface area (Å²) in [7, 11) is 1.94. The summed E-state index contributed by atoms with van der Waals surface area (Å²) < 4.78 is 6.29. The smallest absolute Gasteiger partial charge is 0.166 e. The summed E-state index contributed by atoms with van der Waals surface area (Å²) in [5.74, 6) is 1.32. The van der Waals surface area contributed by atoms with Gasteiger partial charge in [0.2, 0.25) is 0 Å². The molecule has 0 aliphatic heterocycles. The van der Waals surface area contributed by atoms with E-state index in [0.717, 1.165) is 17.1 Å². The Morgan fingerprint density at radius 1 is 1.35 bits per heavy atom. The predicted octanol–water partition coefficient (Wildman–Crippen LogP) is 3.48. The average molecular weight is 252 g/mol. The Balaban J connectivity index is 0.000000437. The highest BCUT2D eigenvalue weighted by Gasteiger charge is 2.15. The molecule has 0 atom stereocenters. The van der Waals surface area contributed by atoms with Gasteiger partial charge in [-0.15, -0.1) is 10.2 Å². The summed E-state index contributed by atoms with van der Waals surface area (Å²) in [6.45, 7) is 8.52.